The molecule has 0 fully saturated rings. The molecule has 1 N–H and O–H groups in total. The predicted molar refractivity (Wildman–Crippen MR) is 109 cm³/mol. The molecule has 0 aromatic heterocycles. The van der Waals surface area contributed by atoms with Gasteiger partial charge in [-0.2, -0.15) is 0 Å². The van der Waals surface area contributed by atoms with Crippen LogP contribution in [0.3, 0.4) is 0 Å². The quantitative estimate of drug-likeness (QED) is 0.749. The van der Waals surface area contributed by atoms with Crippen molar-refractivity contribution in [3.05, 3.63) is 54.1 Å². The summed E-state index contributed by atoms with van der Waals surface area (Å²) in [5.41, 5.74) is 1.97. The standard InChI is InChI=1S/C20H26N2O4S/c1-5-16-8-6-7-9-19(16)22(27(4,24)25)14-20(23)21-17-10-12-18(13-11-17)26-15(2)3/h6-13,15H,5,14H2,1-4H3,(H,21,23). The minimum absolute atomic E-state index is 0.0624. The molecule has 0 spiro atoms. The molecule has 0 radical (unpaired) electrons. The zero-order valence-electron chi connectivity index (χ0n) is 16.1. The first-order chi connectivity index (χ1) is 12.7. The number of anilines is 2. The van der Waals surface area contributed by atoms with Crippen LogP contribution in [0.4, 0.5) is 11.4 Å². The summed E-state index contributed by atoms with van der Waals surface area (Å²) in [5.74, 6) is 0.293. The maximum Gasteiger partial charge on any atom is 0.245 e. The van der Waals surface area contributed by atoms with Gasteiger partial charge in [-0.3, -0.25) is 9.10 Å². The molecule has 7 heteroatoms. The molecular formula is C20H26N2O4S. The highest BCUT2D eigenvalue weighted by molar-refractivity contribution is 7.92. The van der Waals surface area contributed by atoms with Crippen LogP contribution in [0.2, 0.25) is 0 Å². The van der Waals surface area contributed by atoms with E-state index in [1.807, 2.05) is 32.9 Å². The van der Waals surface area contributed by atoms with Gasteiger partial charge in [-0.25, -0.2) is 8.42 Å². The minimum Gasteiger partial charge on any atom is -0.491 e. The molecule has 0 heterocycles. The van der Waals surface area contributed by atoms with Crippen molar-refractivity contribution >= 4 is 27.3 Å². The Labute approximate surface area is 161 Å². The van der Waals surface area contributed by atoms with Gasteiger partial charge in [0, 0.05) is 5.69 Å². The Kier molecular flexibility index (Phi) is 6.85. The fraction of sp³-hybridized carbons (Fsp3) is 0.350. The third kappa shape index (κ3) is 5.99. The summed E-state index contributed by atoms with van der Waals surface area (Å²) < 4.78 is 31.2. The third-order valence-corrected chi connectivity index (χ3v) is 4.97. The van der Waals surface area contributed by atoms with Gasteiger partial charge < -0.3 is 10.1 Å². The SMILES string of the molecule is CCc1ccccc1N(CC(=O)Nc1ccc(OC(C)C)cc1)S(C)(=O)=O. The van der Waals surface area contributed by atoms with E-state index in [0.29, 0.717) is 23.5 Å². The smallest absolute Gasteiger partial charge is 0.245 e. The van der Waals surface area contributed by atoms with Gasteiger partial charge in [-0.15, -0.1) is 0 Å². The fourth-order valence-electron chi connectivity index (χ4n) is 2.65. The lowest BCUT2D eigenvalue weighted by atomic mass is 10.1. The Bertz CT molecular complexity index is 877. The molecule has 2 aromatic rings. The molecule has 0 bridgehead atoms. The van der Waals surface area contributed by atoms with Crippen LogP contribution in [0, 0.1) is 0 Å². The van der Waals surface area contributed by atoms with Crippen molar-refractivity contribution in [2.45, 2.75) is 33.3 Å². The van der Waals surface area contributed by atoms with E-state index in [1.54, 1.807) is 36.4 Å². The van der Waals surface area contributed by atoms with E-state index in [4.69, 9.17) is 4.74 Å². The van der Waals surface area contributed by atoms with Crippen LogP contribution in [-0.2, 0) is 21.2 Å². The van der Waals surface area contributed by atoms with Crippen LogP contribution < -0.4 is 14.4 Å². The molecular weight excluding hydrogens is 364 g/mol. The Morgan fingerprint density at radius 2 is 1.74 bits per heavy atom. The monoisotopic (exact) mass is 390 g/mol. The number of carbonyl (C=O) groups is 1. The Morgan fingerprint density at radius 3 is 2.30 bits per heavy atom. The Balaban J connectivity index is 2.15. The van der Waals surface area contributed by atoms with E-state index in [9.17, 15) is 13.2 Å². The van der Waals surface area contributed by atoms with Gasteiger partial charge in [0.05, 0.1) is 18.0 Å². The Hall–Kier alpha value is -2.54. The maximum atomic E-state index is 12.5. The number of carbonyl (C=O) groups excluding carboxylic acids is 1. The number of hydrogen-bond acceptors (Lipinski definition) is 4. The Morgan fingerprint density at radius 1 is 1.11 bits per heavy atom. The van der Waals surface area contributed by atoms with Crippen molar-refractivity contribution in [3.8, 4) is 5.75 Å². The van der Waals surface area contributed by atoms with E-state index in [0.717, 1.165) is 16.1 Å². The number of aryl methyl sites for hydroxylation is 1. The van der Waals surface area contributed by atoms with E-state index in [1.165, 1.54) is 0 Å². The lowest BCUT2D eigenvalue weighted by Gasteiger charge is -2.24. The van der Waals surface area contributed by atoms with Crippen LogP contribution >= 0.6 is 0 Å². The normalized spacial score (nSPS) is 11.3. The largest absolute Gasteiger partial charge is 0.491 e. The molecule has 0 saturated carbocycles. The molecule has 0 unspecified atom stereocenters. The van der Waals surface area contributed by atoms with Crippen molar-refractivity contribution in [2.24, 2.45) is 0 Å². The van der Waals surface area contributed by atoms with E-state index in [-0.39, 0.29) is 12.6 Å². The van der Waals surface area contributed by atoms with Gasteiger partial charge in [-0.1, -0.05) is 25.1 Å². The third-order valence-electron chi connectivity index (χ3n) is 3.84. The van der Waals surface area contributed by atoms with Gasteiger partial charge >= 0.3 is 0 Å². The maximum absolute atomic E-state index is 12.5. The first kappa shape index (κ1) is 20.8. The van der Waals surface area contributed by atoms with E-state index < -0.39 is 15.9 Å². The number of para-hydroxylation sites is 1. The number of sulfonamides is 1. The molecule has 146 valence electrons. The van der Waals surface area contributed by atoms with Crippen molar-refractivity contribution in [1.29, 1.82) is 0 Å². The first-order valence-corrected chi connectivity index (χ1v) is 10.7. The van der Waals surface area contributed by atoms with Gasteiger partial charge in [0.15, 0.2) is 0 Å². The van der Waals surface area contributed by atoms with Gasteiger partial charge in [0.25, 0.3) is 0 Å². The van der Waals surface area contributed by atoms with Crippen molar-refractivity contribution < 1.29 is 17.9 Å². The highest BCUT2D eigenvalue weighted by Gasteiger charge is 2.22. The molecule has 1 amide bonds. The molecule has 0 aliphatic heterocycles. The second-order valence-corrected chi connectivity index (χ2v) is 8.40. The highest BCUT2D eigenvalue weighted by Crippen LogP contribution is 2.23. The zero-order valence-corrected chi connectivity index (χ0v) is 16.9. The second-order valence-electron chi connectivity index (χ2n) is 6.49. The molecule has 0 atom stereocenters. The summed E-state index contributed by atoms with van der Waals surface area (Å²) in [6.45, 7) is 5.52. The molecule has 2 aromatic carbocycles. The van der Waals surface area contributed by atoms with Crippen LogP contribution in [0.5, 0.6) is 5.75 Å². The number of amides is 1. The molecule has 0 saturated heterocycles. The number of hydrogen-bond donors (Lipinski definition) is 1. The van der Waals surface area contributed by atoms with Gasteiger partial charge in [0.1, 0.15) is 12.3 Å². The van der Waals surface area contributed by atoms with Crippen molar-refractivity contribution in [1.82, 2.24) is 0 Å². The number of nitrogens with one attached hydrogen (secondary N) is 1. The summed E-state index contributed by atoms with van der Waals surface area (Å²) in [6.07, 6.45) is 1.83. The molecule has 0 aliphatic rings. The second kappa shape index (κ2) is 8.90. The van der Waals surface area contributed by atoms with Gasteiger partial charge in [-0.05, 0) is 56.2 Å². The molecule has 27 heavy (non-hydrogen) atoms. The molecule has 2 rings (SSSR count). The van der Waals surface area contributed by atoms with Crippen LogP contribution in [-0.4, -0.2) is 33.2 Å². The average Bonchev–Trinajstić information content (AvgIpc) is 2.60. The minimum atomic E-state index is -3.61. The number of benzene rings is 2. The van der Waals surface area contributed by atoms with E-state index >= 15 is 0 Å². The van der Waals surface area contributed by atoms with Crippen molar-refractivity contribution in [2.75, 3.05) is 22.4 Å². The zero-order chi connectivity index (χ0) is 20.0. The van der Waals surface area contributed by atoms with Crippen LogP contribution in [0.1, 0.15) is 26.3 Å². The highest BCUT2D eigenvalue weighted by atomic mass is 32.2. The summed E-state index contributed by atoms with van der Waals surface area (Å²) in [6, 6.07) is 14.2. The summed E-state index contributed by atoms with van der Waals surface area (Å²) in [4.78, 5) is 12.5. The van der Waals surface area contributed by atoms with Crippen LogP contribution in [0.25, 0.3) is 0 Å². The summed E-state index contributed by atoms with van der Waals surface area (Å²) in [7, 11) is -3.61. The number of rotatable bonds is 8. The summed E-state index contributed by atoms with van der Waals surface area (Å²) >= 11 is 0. The van der Waals surface area contributed by atoms with Crippen LogP contribution in [0.15, 0.2) is 48.5 Å². The number of nitrogens with zero attached hydrogens (tertiary/aromatic N) is 1. The molecule has 0 aliphatic carbocycles. The molecule has 6 nitrogen and oxygen atoms in total. The van der Waals surface area contributed by atoms with Crippen molar-refractivity contribution in [3.63, 3.8) is 0 Å². The number of ether oxygens (including phenoxy) is 1. The van der Waals surface area contributed by atoms with Gasteiger partial charge in [0.2, 0.25) is 15.9 Å². The summed E-state index contributed by atoms with van der Waals surface area (Å²) in [5, 5.41) is 2.73. The predicted octanol–water partition coefficient (Wildman–Crippen LogP) is 3.44. The lowest BCUT2D eigenvalue weighted by molar-refractivity contribution is -0.114. The topological polar surface area (TPSA) is 75.7 Å². The average molecular weight is 391 g/mol. The fourth-order valence-corrected chi connectivity index (χ4v) is 3.54. The lowest BCUT2D eigenvalue weighted by Crippen LogP contribution is -2.38. The van der Waals surface area contributed by atoms with E-state index in [2.05, 4.69) is 5.32 Å². The first-order valence-electron chi connectivity index (χ1n) is 8.83.